The number of rotatable bonds is 2. The minimum Gasteiger partial charge on any atom is -0.294 e. The van der Waals surface area contributed by atoms with E-state index in [1.165, 1.54) is 0 Å². The van der Waals surface area contributed by atoms with E-state index < -0.39 is 0 Å². The first-order chi connectivity index (χ1) is 9.72. The quantitative estimate of drug-likeness (QED) is 0.768. The van der Waals surface area contributed by atoms with Crippen molar-refractivity contribution in [2.75, 3.05) is 0 Å². The maximum atomic E-state index is 12.9. The number of carbonyl (C=O) groups excluding carboxylic acids is 2. The first-order valence-corrected chi connectivity index (χ1v) is 7.61. The van der Waals surface area contributed by atoms with E-state index in [1.807, 2.05) is 18.2 Å². The Morgan fingerprint density at radius 2 is 1.75 bits per heavy atom. The summed E-state index contributed by atoms with van der Waals surface area (Å²) in [5.74, 6) is 0.864. The van der Waals surface area contributed by atoms with Crippen molar-refractivity contribution >= 4 is 11.6 Å². The fourth-order valence-corrected chi connectivity index (χ4v) is 4.46. The summed E-state index contributed by atoms with van der Waals surface area (Å²) < 4.78 is 0. The molecule has 0 spiro atoms. The predicted molar refractivity (Wildman–Crippen MR) is 76.8 cm³/mol. The van der Waals surface area contributed by atoms with Crippen molar-refractivity contribution in [3.63, 3.8) is 0 Å². The van der Waals surface area contributed by atoms with Crippen LogP contribution < -0.4 is 0 Å². The first kappa shape index (κ1) is 12.1. The summed E-state index contributed by atoms with van der Waals surface area (Å²) in [6, 6.07) is 5.79. The van der Waals surface area contributed by atoms with Crippen LogP contribution in [0.1, 0.15) is 46.0 Å². The number of hydrogen-bond acceptors (Lipinski definition) is 2. The van der Waals surface area contributed by atoms with Crippen molar-refractivity contribution in [3.05, 3.63) is 47.0 Å². The molecule has 0 aliphatic heterocycles. The van der Waals surface area contributed by atoms with E-state index in [1.54, 1.807) is 0 Å². The fraction of sp³-hybridized carbons (Fsp3) is 0.444. The number of hydrogen-bond donors (Lipinski definition) is 0. The second-order valence-electron chi connectivity index (χ2n) is 6.32. The molecule has 1 aromatic rings. The third kappa shape index (κ3) is 1.39. The smallest absolute Gasteiger partial charge is 0.168 e. The molecule has 1 saturated carbocycles. The third-order valence-electron chi connectivity index (χ3n) is 5.25. The highest BCUT2D eigenvalue weighted by atomic mass is 16.1. The maximum absolute atomic E-state index is 12.9. The van der Waals surface area contributed by atoms with Gasteiger partial charge in [-0.05, 0) is 30.2 Å². The lowest BCUT2D eigenvalue weighted by atomic mass is 9.68. The van der Waals surface area contributed by atoms with Crippen LogP contribution in [0, 0.1) is 23.7 Å². The van der Waals surface area contributed by atoms with Crippen LogP contribution in [0.2, 0.25) is 0 Å². The van der Waals surface area contributed by atoms with E-state index in [9.17, 15) is 9.59 Å². The van der Waals surface area contributed by atoms with Crippen LogP contribution in [0.3, 0.4) is 0 Å². The van der Waals surface area contributed by atoms with Crippen LogP contribution in [0.15, 0.2) is 30.4 Å². The zero-order valence-electron chi connectivity index (χ0n) is 11.6. The zero-order valence-corrected chi connectivity index (χ0v) is 11.6. The Bertz CT molecular complexity index is 641. The van der Waals surface area contributed by atoms with E-state index in [0.717, 1.165) is 30.4 Å². The van der Waals surface area contributed by atoms with Gasteiger partial charge in [-0.3, -0.25) is 9.59 Å². The van der Waals surface area contributed by atoms with Gasteiger partial charge in [-0.2, -0.15) is 0 Å². The Hall–Kier alpha value is -1.70. The van der Waals surface area contributed by atoms with Gasteiger partial charge in [0.05, 0.1) is 0 Å². The molecule has 0 saturated heterocycles. The summed E-state index contributed by atoms with van der Waals surface area (Å²) >= 11 is 0. The molecule has 2 nitrogen and oxygen atoms in total. The van der Waals surface area contributed by atoms with Crippen molar-refractivity contribution in [2.45, 2.75) is 26.2 Å². The molecule has 4 rings (SSSR count). The van der Waals surface area contributed by atoms with Gasteiger partial charge in [0.1, 0.15) is 0 Å². The Balaban J connectivity index is 1.89. The van der Waals surface area contributed by atoms with Crippen LogP contribution in [-0.4, -0.2) is 11.6 Å². The van der Waals surface area contributed by atoms with Crippen LogP contribution in [0.25, 0.3) is 0 Å². The summed E-state index contributed by atoms with van der Waals surface area (Å²) in [5.41, 5.74) is 2.48. The molecule has 0 amide bonds. The van der Waals surface area contributed by atoms with Crippen LogP contribution in [0.4, 0.5) is 0 Å². The number of benzene rings is 1. The molecule has 1 aromatic carbocycles. The molecule has 2 bridgehead atoms. The third-order valence-corrected chi connectivity index (χ3v) is 5.25. The highest BCUT2D eigenvalue weighted by molar-refractivity contribution is 6.17. The van der Waals surface area contributed by atoms with Gasteiger partial charge in [-0.25, -0.2) is 0 Å². The standard InChI is InChI=1S/C18H18O2/c1-2-4-10-5-3-6-13-14(10)18(20)16-12-8-7-11(9-12)15(16)17(13)19/h3,5-8,11-12,15-16H,2,4,9H2,1H3. The summed E-state index contributed by atoms with van der Waals surface area (Å²) in [5, 5.41) is 0. The van der Waals surface area contributed by atoms with Crippen LogP contribution in [0.5, 0.6) is 0 Å². The van der Waals surface area contributed by atoms with Crippen LogP contribution >= 0.6 is 0 Å². The van der Waals surface area contributed by atoms with Gasteiger partial charge in [-0.15, -0.1) is 0 Å². The van der Waals surface area contributed by atoms with Crippen molar-refractivity contribution in [2.24, 2.45) is 23.7 Å². The monoisotopic (exact) mass is 266 g/mol. The lowest BCUT2D eigenvalue weighted by molar-refractivity contribution is 0.0719. The minimum absolute atomic E-state index is 0.0805. The second kappa shape index (κ2) is 4.15. The average Bonchev–Trinajstić information content (AvgIpc) is 3.06. The molecular weight excluding hydrogens is 248 g/mol. The lowest BCUT2D eigenvalue weighted by Gasteiger charge is -2.32. The second-order valence-corrected chi connectivity index (χ2v) is 6.32. The molecule has 3 aliphatic carbocycles. The van der Waals surface area contributed by atoms with E-state index in [2.05, 4.69) is 19.1 Å². The Morgan fingerprint density at radius 1 is 1.05 bits per heavy atom. The van der Waals surface area contributed by atoms with Gasteiger partial charge >= 0.3 is 0 Å². The first-order valence-electron chi connectivity index (χ1n) is 7.61. The van der Waals surface area contributed by atoms with E-state index in [0.29, 0.717) is 17.4 Å². The molecule has 20 heavy (non-hydrogen) atoms. The van der Waals surface area contributed by atoms with Gasteiger partial charge in [0.2, 0.25) is 0 Å². The number of fused-ring (bicyclic) bond motifs is 6. The SMILES string of the molecule is CCCc1cccc2c1C(=O)C1C3C=CC(C3)C1C2=O. The zero-order chi connectivity index (χ0) is 13.9. The molecule has 4 atom stereocenters. The molecule has 3 aliphatic rings. The number of aryl methyl sites for hydroxylation is 1. The van der Waals surface area contributed by atoms with Gasteiger partial charge in [0.15, 0.2) is 11.6 Å². The molecule has 2 heteroatoms. The number of allylic oxidation sites excluding steroid dienone is 2. The lowest BCUT2D eigenvalue weighted by Crippen LogP contribution is -2.39. The normalized spacial score (nSPS) is 33.5. The fourth-order valence-electron chi connectivity index (χ4n) is 4.46. The van der Waals surface area contributed by atoms with Gasteiger partial charge < -0.3 is 0 Å². The van der Waals surface area contributed by atoms with E-state index in [4.69, 9.17) is 0 Å². The topological polar surface area (TPSA) is 34.1 Å². The Morgan fingerprint density at radius 3 is 2.45 bits per heavy atom. The van der Waals surface area contributed by atoms with E-state index in [-0.39, 0.29) is 23.4 Å². The van der Waals surface area contributed by atoms with Crippen molar-refractivity contribution in [1.82, 2.24) is 0 Å². The summed E-state index contributed by atoms with van der Waals surface area (Å²) in [7, 11) is 0. The Kier molecular flexibility index (Phi) is 2.50. The number of ketones is 2. The van der Waals surface area contributed by atoms with Gasteiger partial charge in [0, 0.05) is 23.0 Å². The molecule has 0 heterocycles. The number of carbonyl (C=O) groups is 2. The van der Waals surface area contributed by atoms with Crippen molar-refractivity contribution in [3.8, 4) is 0 Å². The largest absolute Gasteiger partial charge is 0.294 e. The molecule has 0 N–H and O–H groups in total. The van der Waals surface area contributed by atoms with Crippen LogP contribution in [-0.2, 0) is 6.42 Å². The molecule has 0 aromatic heterocycles. The number of Topliss-reactive ketones (excluding diaryl/α,β-unsaturated/α-hetero) is 2. The molecule has 1 fully saturated rings. The van der Waals surface area contributed by atoms with Gasteiger partial charge in [0.25, 0.3) is 0 Å². The van der Waals surface area contributed by atoms with Crippen molar-refractivity contribution in [1.29, 1.82) is 0 Å². The average molecular weight is 266 g/mol. The Labute approximate surface area is 118 Å². The minimum atomic E-state index is -0.0816. The molecule has 0 radical (unpaired) electrons. The highest BCUT2D eigenvalue weighted by Gasteiger charge is 2.54. The summed E-state index contributed by atoms with van der Waals surface area (Å²) in [4.78, 5) is 25.7. The molecular formula is C18H18O2. The molecule has 102 valence electrons. The predicted octanol–water partition coefficient (Wildman–Crippen LogP) is 3.46. The molecule has 4 unspecified atom stereocenters. The van der Waals surface area contributed by atoms with E-state index >= 15 is 0 Å². The summed E-state index contributed by atoms with van der Waals surface area (Å²) in [6.45, 7) is 2.11. The van der Waals surface area contributed by atoms with Gasteiger partial charge in [-0.1, -0.05) is 43.7 Å². The van der Waals surface area contributed by atoms with Crippen molar-refractivity contribution < 1.29 is 9.59 Å². The summed E-state index contributed by atoms with van der Waals surface area (Å²) in [6.07, 6.45) is 7.17. The maximum Gasteiger partial charge on any atom is 0.168 e. The highest BCUT2D eigenvalue weighted by Crippen LogP contribution is 2.53.